The molecule has 0 aromatic heterocycles. The van der Waals surface area contributed by atoms with Gasteiger partial charge in [-0.2, -0.15) is 0 Å². The van der Waals surface area contributed by atoms with Crippen molar-refractivity contribution in [1.29, 1.82) is 0 Å². The summed E-state index contributed by atoms with van der Waals surface area (Å²) in [5.74, 6) is 6.90. The van der Waals surface area contributed by atoms with Crippen molar-refractivity contribution in [3.63, 3.8) is 0 Å². The van der Waals surface area contributed by atoms with Gasteiger partial charge in [-0.3, -0.25) is 9.59 Å². The number of aliphatic hydroxyl groups is 1. The molecular formula is C22H28N2O3. The molecule has 2 saturated heterocycles. The minimum absolute atomic E-state index is 0.00460. The van der Waals surface area contributed by atoms with Crippen molar-refractivity contribution in [3.8, 4) is 11.8 Å². The van der Waals surface area contributed by atoms with E-state index in [2.05, 4.69) is 25.7 Å². The fourth-order valence-corrected chi connectivity index (χ4v) is 4.06. The van der Waals surface area contributed by atoms with E-state index in [-0.39, 0.29) is 43.0 Å². The smallest absolute Gasteiger partial charge is 0.242 e. The molecule has 2 heterocycles. The molecule has 27 heavy (non-hydrogen) atoms. The minimum atomic E-state index is -0.209. The summed E-state index contributed by atoms with van der Waals surface area (Å²) in [5, 5.41) is 9.82. The van der Waals surface area contributed by atoms with Crippen molar-refractivity contribution in [2.45, 2.75) is 51.6 Å². The van der Waals surface area contributed by atoms with Gasteiger partial charge in [0.2, 0.25) is 11.8 Å². The van der Waals surface area contributed by atoms with E-state index in [1.165, 1.54) is 0 Å². The average molecular weight is 368 g/mol. The van der Waals surface area contributed by atoms with E-state index in [1.807, 2.05) is 31.2 Å². The van der Waals surface area contributed by atoms with Gasteiger partial charge in [-0.05, 0) is 23.6 Å². The Morgan fingerprint density at radius 2 is 2.00 bits per heavy atom. The van der Waals surface area contributed by atoms with Gasteiger partial charge in [-0.15, -0.1) is 0 Å². The van der Waals surface area contributed by atoms with Gasteiger partial charge in [0.15, 0.2) is 0 Å². The highest BCUT2D eigenvalue weighted by atomic mass is 16.3. The molecule has 5 heteroatoms. The molecule has 0 radical (unpaired) electrons. The maximum Gasteiger partial charge on any atom is 0.242 e. The number of piperazine rings is 1. The largest absolute Gasteiger partial charge is 0.394 e. The summed E-state index contributed by atoms with van der Waals surface area (Å²) in [4.78, 5) is 27.9. The third kappa shape index (κ3) is 3.86. The summed E-state index contributed by atoms with van der Waals surface area (Å²) >= 11 is 0. The SMILES string of the molecule is CCC(=O)N1CC(=O)N2[C@@H](CO)[C@H](c3ccc(C#CCC(C)C)cc3)[C@@H]2C1. The Kier molecular flexibility index (Phi) is 5.86. The molecule has 3 rings (SSSR count). The Balaban J connectivity index is 1.77. The minimum Gasteiger partial charge on any atom is -0.394 e. The fraction of sp³-hybridized carbons (Fsp3) is 0.545. The topological polar surface area (TPSA) is 60.9 Å². The van der Waals surface area contributed by atoms with Crippen LogP contribution in [0.15, 0.2) is 24.3 Å². The first kappa shape index (κ1) is 19.4. The molecule has 0 saturated carbocycles. The molecule has 5 nitrogen and oxygen atoms in total. The summed E-state index contributed by atoms with van der Waals surface area (Å²) in [6, 6.07) is 7.80. The Labute approximate surface area is 161 Å². The molecule has 144 valence electrons. The third-order valence-electron chi connectivity index (χ3n) is 5.45. The van der Waals surface area contributed by atoms with Crippen molar-refractivity contribution >= 4 is 11.8 Å². The second kappa shape index (κ2) is 8.14. The number of aliphatic hydroxyl groups excluding tert-OH is 1. The predicted molar refractivity (Wildman–Crippen MR) is 104 cm³/mol. The van der Waals surface area contributed by atoms with E-state index in [0.29, 0.717) is 18.9 Å². The van der Waals surface area contributed by atoms with Crippen molar-refractivity contribution in [2.24, 2.45) is 5.92 Å². The number of fused-ring (bicyclic) bond motifs is 1. The van der Waals surface area contributed by atoms with Crippen molar-refractivity contribution in [2.75, 3.05) is 19.7 Å². The molecule has 2 fully saturated rings. The van der Waals surface area contributed by atoms with Gasteiger partial charge < -0.3 is 14.9 Å². The van der Waals surface area contributed by atoms with E-state index < -0.39 is 0 Å². The van der Waals surface area contributed by atoms with Crippen LogP contribution in [0.5, 0.6) is 0 Å². The summed E-state index contributed by atoms with van der Waals surface area (Å²) in [7, 11) is 0. The lowest BCUT2D eigenvalue weighted by molar-refractivity contribution is -0.166. The van der Waals surface area contributed by atoms with Crippen LogP contribution in [0.1, 0.15) is 50.7 Å². The van der Waals surface area contributed by atoms with E-state index in [9.17, 15) is 14.7 Å². The first-order valence-electron chi connectivity index (χ1n) is 9.74. The number of carbonyl (C=O) groups is 2. The molecule has 2 aliphatic rings. The molecule has 3 atom stereocenters. The second-order valence-corrected chi connectivity index (χ2v) is 7.79. The normalized spacial score (nSPS) is 24.2. The van der Waals surface area contributed by atoms with Gasteiger partial charge in [-0.25, -0.2) is 0 Å². The average Bonchev–Trinajstić information content (AvgIpc) is 2.63. The number of hydrogen-bond acceptors (Lipinski definition) is 3. The van der Waals surface area contributed by atoms with Crippen LogP contribution in [-0.4, -0.2) is 58.5 Å². The lowest BCUT2D eigenvalue weighted by atomic mass is 9.73. The first-order chi connectivity index (χ1) is 13.0. The third-order valence-corrected chi connectivity index (χ3v) is 5.45. The zero-order valence-electron chi connectivity index (χ0n) is 16.3. The first-order valence-corrected chi connectivity index (χ1v) is 9.74. The zero-order valence-corrected chi connectivity index (χ0v) is 16.3. The Bertz CT molecular complexity index is 760. The number of nitrogens with zero attached hydrogens (tertiary/aromatic N) is 2. The van der Waals surface area contributed by atoms with Gasteiger partial charge in [0.25, 0.3) is 0 Å². The summed E-state index contributed by atoms with van der Waals surface area (Å²) in [6.45, 7) is 6.70. The van der Waals surface area contributed by atoms with Crippen LogP contribution in [0.2, 0.25) is 0 Å². The van der Waals surface area contributed by atoms with Gasteiger partial charge in [0, 0.05) is 30.9 Å². The fourth-order valence-electron chi connectivity index (χ4n) is 4.06. The van der Waals surface area contributed by atoms with Crippen LogP contribution in [0.3, 0.4) is 0 Å². The molecule has 1 aromatic carbocycles. The monoisotopic (exact) mass is 368 g/mol. The number of benzene rings is 1. The molecule has 0 aliphatic carbocycles. The maximum absolute atomic E-state index is 12.5. The quantitative estimate of drug-likeness (QED) is 0.827. The lowest BCUT2D eigenvalue weighted by Crippen LogP contribution is -2.73. The van der Waals surface area contributed by atoms with Crippen molar-refractivity contribution in [1.82, 2.24) is 9.80 Å². The van der Waals surface area contributed by atoms with E-state index in [1.54, 1.807) is 9.80 Å². The molecule has 2 amide bonds. The molecule has 0 spiro atoms. The molecule has 2 aliphatic heterocycles. The summed E-state index contributed by atoms with van der Waals surface area (Å²) in [5.41, 5.74) is 2.06. The Morgan fingerprint density at radius 3 is 2.59 bits per heavy atom. The van der Waals surface area contributed by atoms with Crippen LogP contribution in [-0.2, 0) is 9.59 Å². The van der Waals surface area contributed by atoms with Crippen molar-refractivity contribution < 1.29 is 14.7 Å². The molecule has 1 N–H and O–H groups in total. The number of hydrogen-bond donors (Lipinski definition) is 1. The van der Waals surface area contributed by atoms with Gasteiger partial charge in [-0.1, -0.05) is 44.7 Å². The molecule has 1 aromatic rings. The van der Waals surface area contributed by atoms with E-state index in [0.717, 1.165) is 17.5 Å². The van der Waals surface area contributed by atoms with Crippen LogP contribution in [0.25, 0.3) is 0 Å². The maximum atomic E-state index is 12.5. The Hall–Kier alpha value is -2.32. The lowest BCUT2D eigenvalue weighted by Gasteiger charge is -2.58. The molecular weight excluding hydrogens is 340 g/mol. The van der Waals surface area contributed by atoms with Gasteiger partial charge >= 0.3 is 0 Å². The summed E-state index contributed by atoms with van der Waals surface area (Å²) in [6.07, 6.45) is 1.27. The van der Waals surface area contributed by atoms with E-state index in [4.69, 9.17) is 0 Å². The zero-order chi connectivity index (χ0) is 19.6. The number of rotatable bonds is 4. The predicted octanol–water partition coefficient (Wildman–Crippen LogP) is 1.99. The van der Waals surface area contributed by atoms with Gasteiger partial charge in [0.05, 0.1) is 25.2 Å². The highest BCUT2D eigenvalue weighted by Crippen LogP contribution is 2.42. The number of carbonyl (C=O) groups excluding carboxylic acids is 2. The van der Waals surface area contributed by atoms with Crippen LogP contribution in [0.4, 0.5) is 0 Å². The highest BCUT2D eigenvalue weighted by Gasteiger charge is 2.54. The van der Waals surface area contributed by atoms with E-state index >= 15 is 0 Å². The van der Waals surface area contributed by atoms with Gasteiger partial charge in [0.1, 0.15) is 0 Å². The van der Waals surface area contributed by atoms with Crippen molar-refractivity contribution in [3.05, 3.63) is 35.4 Å². The Morgan fingerprint density at radius 1 is 1.30 bits per heavy atom. The van der Waals surface area contributed by atoms with Crippen LogP contribution < -0.4 is 0 Å². The van der Waals surface area contributed by atoms with Crippen LogP contribution in [0, 0.1) is 17.8 Å². The summed E-state index contributed by atoms with van der Waals surface area (Å²) < 4.78 is 0. The molecule has 0 bridgehead atoms. The van der Waals surface area contributed by atoms with Crippen LogP contribution >= 0.6 is 0 Å². The number of amides is 2. The standard InChI is InChI=1S/C22H28N2O3/c1-4-20(26)23-12-18-22(19(14-25)24(18)21(27)13-23)17-10-8-16(9-11-17)7-5-6-15(2)3/h8-11,15,18-19,22,25H,4,6,12-14H2,1-3H3/t18-,19-,22+/m0/s1. The molecule has 0 unspecified atom stereocenters. The highest BCUT2D eigenvalue weighted by molar-refractivity contribution is 5.87. The second-order valence-electron chi connectivity index (χ2n) is 7.79.